The number of benzene rings is 1. The number of hydrogen-bond acceptors (Lipinski definition) is 4. The molecule has 1 N–H and O–H groups in total. The number of anilines is 1. The van der Waals surface area contributed by atoms with E-state index >= 15 is 0 Å². The summed E-state index contributed by atoms with van der Waals surface area (Å²) >= 11 is 4.86. The molecular weight excluding hydrogens is 264 g/mol. The summed E-state index contributed by atoms with van der Waals surface area (Å²) in [6.45, 7) is 0.544. The first-order valence-corrected chi connectivity index (χ1v) is 7.09. The fourth-order valence-electron chi connectivity index (χ4n) is 1.30. The van der Waals surface area contributed by atoms with Crippen LogP contribution in [0.4, 0.5) is 11.4 Å². The average molecular weight is 277 g/mol. The van der Waals surface area contributed by atoms with Crippen molar-refractivity contribution in [3.63, 3.8) is 0 Å². The van der Waals surface area contributed by atoms with Crippen LogP contribution in [0.25, 0.3) is 0 Å². The van der Waals surface area contributed by atoms with Crippen molar-refractivity contribution in [3.8, 4) is 0 Å². The van der Waals surface area contributed by atoms with Gasteiger partial charge in [-0.1, -0.05) is 22.8 Å². The number of nitro benzene ring substituents is 1. The Morgan fingerprint density at radius 1 is 1.53 bits per heavy atom. The average Bonchev–Trinajstić information content (AvgIpc) is 2.25. The largest absolute Gasteiger partial charge is 0.617 e. The second kappa shape index (κ2) is 6.68. The molecule has 0 spiro atoms. The van der Waals surface area contributed by atoms with E-state index in [1.165, 1.54) is 6.07 Å². The zero-order valence-corrected chi connectivity index (χ0v) is 10.9. The first-order chi connectivity index (χ1) is 8.00. The molecule has 0 aliphatic carbocycles. The third kappa shape index (κ3) is 4.80. The van der Waals surface area contributed by atoms with Gasteiger partial charge in [-0.3, -0.25) is 10.1 Å². The predicted molar refractivity (Wildman–Crippen MR) is 70.1 cm³/mol. The van der Waals surface area contributed by atoms with Gasteiger partial charge in [-0.05, 0) is 12.1 Å². The highest BCUT2D eigenvalue weighted by Gasteiger charge is 2.13. The highest BCUT2D eigenvalue weighted by molar-refractivity contribution is 7.90. The van der Waals surface area contributed by atoms with Crippen LogP contribution in [0.15, 0.2) is 18.2 Å². The summed E-state index contributed by atoms with van der Waals surface area (Å²) in [7, 11) is 0. The standard InChI is InChI=1S/C10H13ClN2O3S/c1-17(16)6-2-5-12-9-4-3-8(11)7-10(9)13(14)15/h3-4,7,12H,2,5-6H2,1H3. The SMILES string of the molecule is C[S+]([O-])CCCNc1ccc(Cl)cc1[N+](=O)[O-]. The Kier molecular flexibility index (Phi) is 5.54. The molecule has 7 heteroatoms. The van der Waals surface area contributed by atoms with Crippen LogP contribution >= 0.6 is 11.6 Å². The van der Waals surface area contributed by atoms with E-state index in [1.807, 2.05) is 0 Å². The summed E-state index contributed by atoms with van der Waals surface area (Å²) in [5.74, 6) is 0.578. The molecule has 0 saturated heterocycles. The van der Waals surface area contributed by atoms with Crippen molar-refractivity contribution in [3.05, 3.63) is 33.3 Å². The molecule has 0 radical (unpaired) electrons. The van der Waals surface area contributed by atoms with Crippen LogP contribution in [0.2, 0.25) is 5.02 Å². The number of nitrogens with one attached hydrogen (secondary N) is 1. The summed E-state index contributed by atoms with van der Waals surface area (Å²) in [5, 5.41) is 14.0. The Labute approximate surface area is 107 Å². The molecule has 0 bridgehead atoms. The lowest BCUT2D eigenvalue weighted by atomic mass is 10.2. The third-order valence-corrected chi connectivity index (χ3v) is 3.18. The van der Waals surface area contributed by atoms with E-state index in [9.17, 15) is 14.7 Å². The lowest BCUT2D eigenvalue weighted by Crippen LogP contribution is -2.10. The molecule has 5 nitrogen and oxygen atoms in total. The topological polar surface area (TPSA) is 78.2 Å². The first-order valence-electron chi connectivity index (χ1n) is 4.98. The fraction of sp³-hybridized carbons (Fsp3) is 0.400. The Balaban J connectivity index is 2.61. The molecule has 0 aliphatic heterocycles. The van der Waals surface area contributed by atoms with Gasteiger partial charge in [0.2, 0.25) is 0 Å². The molecule has 0 heterocycles. The maximum atomic E-state index is 10.8. The summed E-state index contributed by atoms with van der Waals surface area (Å²) < 4.78 is 10.8. The second-order valence-electron chi connectivity index (χ2n) is 3.48. The van der Waals surface area contributed by atoms with Crippen LogP contribution in [-0.4, -0.2) is 28.0 Å². The van der Waals surface area contributed by atoms with Crippen molar-refractivity contribution in [2.24, 2.45) is 0 Å². The minimum atomic E-state index is -0.836. The minimum Gasteiger partial charge on any atom is -0.617 e. The van der Waals surface area contributed by atoms with Crippen LogP contribution in [0.1, 0.15) is 6.42 Å². The van der Waals surface area contributed by atoms with Crippen molar-refractivity contribution in [1.82, 2.24) is 0 Å². The Morgan fingerprint density at radius 2 is 2.24 bits per heavy atom. The third-order valence-electron chi connectivity index (χ3n) is 2.08. The Bertz CT molecular complexity index is 401. The van der Waals surface area contributed by atoms with E-state index in [2.05, 4.69) is 5.32 Å². The molecule has 0 saturated carbocycles. The van der Waals surface area contributed by atoms with Gasteiger partial charge in [-0.25, -0.2) is 0 Å². The second-order valence-corrected chi connectivity index (χ2v) is 5.47. The number of nitro groups is 1. The van der Waals surface area contributed by atoms with Crippen LogP contribution < -0.4 is 5.32 Å². The van der Waals surface area contributed by atoms with Crippen molar-refractivity contribution in [2.45, 2.75) is 6.42 Å². The molecule has 0 fully saturated rings. The molecule has 1 unspecified atom stereocenters. The molecule has 17 heavy (non-hydrogen) atoms. The fourth-order valence-corrected chi connectivity index (χ4v) is 2.02. The highest BCUT2D eigenvalue weighted by atomic mass is 35.5. The predicted octanol–water partition coefficient (Wildman–Crippen LogP) is 2.43. The van der Waals surface area contributed by atoms with Gasteiger partial charge in [0.25, 0.3) is 5.69 Å². The number of rotatable bonds is 6. The Morgan fingerprint density at radius 3 is 2.82 bits per heavy atom. The first kappa shape index (κ1) is 14.1. The van der Waals surface area contributed by atoms with Crippen molar-refractivity contribution in [2.75, 3.05) is 23.9 Å². The number of halogens is 1. The molecular formula is C10H13ClN2O3S. The molecule has 1 aromatic rings. The van der Waals surface area contributed by atoms with Gasteiger partial charge in [-0.2, -0.15) is 0 Å². The summed E-state index contributed by atoms with van der Waals surface area (Å²) in [5.41, 5.74) is 0.386. The van der Waals surface area contributed by atoms with Gasteiger partial charge in [0, 0.05) is 24.1 Å². The molecule has 1 atom stereocenters. The van der Waals surface area contributed by atoms with Gasteiger partial charge in [0.05, 0.1) is 11.2 Å². The van der Waals surface area contributed by atoms with Crippen molar-refractivity contribution in [1.29, 1.82) is 0 Å². The van der Waals surface area contributed by atoms with Gasteiger partial charge < -0.3 is 9.87 Å². The maximum Gasteiger partial charge on any atom is 0.293 e. The van der Waals surface area contributed by atoms with E-state index in [1.54, 1.807) is 18.4 Å². The summed E-state index contributed by atoms with van der Waals surface area (Å²) in [4.78, 5) is 10.3. The number of nitrogens with zero attached hydrogens (tertiary/aromatic N) is 1. The lowest BCUT2D eigenvalue weighted by molar-refractivity contribution is -0.383. The molecule has 1 rings (SSSR count). The van der Waals surface area contributed by atoms with E-state index in [-0.39, 0.29) is 5.69 Å². The smallest absolute Gasteiger partial charge is 0.293 e. The zero-order valence-electron chi connectivity index (χ0n) is 9.31. The van der Waals surface area contributed by atoms with E-state index in [0.717, 1.165) is 0 Å². The Hall–Kier alpha value is -0.980. The van der Waals surface area contributed by atoms with Crippen LogP contribution in [0.3, 0.4) is 0 Å². The number of hydrogen-bond donors (Lipinski definition) is 1. The minimum absolute atomic E-state index is 0.0462. The zero-order chi connectivity index (χ0) is 12.8. The summed E-state index contributed by atoms with van der Waals surface area (Å²) in [6.07, 6.45) is 2.33. The lowest BCUT2D eigenvalue weighted by Gasteiger charge is -2.08. The monoisotopic (exact) mass is 276 g/mol. The maximum absolute atomic E-state index is 10.8. The molecule has 0 aliphatic rings. The highest BCUT2D eigenvalue weighted by Crippen LogP contribution is 2.27. The normalized spacial score (nSPS) is 12.2. The summed E-state index contributed by atoms with van der Waals surface area (Å²) in [6, 6.07) is 4.47. The van der Waals surface area contributed by atoms with Gasteiger partial charge in [0.15, 0.2) is 0 Å². The molecule has 0 amide bonds. The van der Waals surface area contributed by atoms with Gasteiger partial charge in [-0.15, -0.1) is 0 Å². The molecule has 0 aromatic heterocycles. The van der Waals surface area contributed by atoms with E-state index < -0.39 is 16.1 Å². The molecule has 1 aromatic carbocycles. The van der Waals surface area contributed by atoms with Crippen LogP contribution in [0, 0.1) is 10.1 Å². The van der Waals surface area contributed by atoms with Crippen molar-refractivity contribution < 1.29 is 9.48 Å². The molecule has 94 valence electrons. The van der Waals surface area contributed by atoms with Crippen LogP contribution in [-0.2, 0) is 11.2 Å². The van der Waals surface area contributed by atoms with E-state index in [4.69, 9.17) is 11.6 Å². The van der Waals surface area contributed by atoms with Gasteiger partial charge in [0.1, 0.15) is 11.4 Å². The van der Waals surface area contributed by atoms with Gasteiger partial charge >= 0.3 is 0 Å². The van der Waals surface area contributed by atoms with E-state index in [0.29, 0.717) is 29.4 Å². The quantitative estimate of drug-likeness (QED) is 0.375. The van der Waals surface area contributed by atoms with Crippen molar-refractivity contribution >= 4 is 34.2 Å². The van der Waals surface area contributed by atoms with Crippen LogP contribution in [0.5, 0.6) is 0 Å².